The molecule has 0 spiro atoms. The third kappa shape index (κ3) is 5.34. The van der Waals surface area contributed by atoms with Crippen molar-refractivity contribution in [2.75, 3.05) is 35.7 Å². The van der Waals surface area contributed by atoms with E-state index in [1.807, 2.05) is 6.26 Å². The number of thioether (sulfide) groups is 1. The summed E-state index contributed by atoms with van der Waals surface area (Å²) in [6.07, 6.45) is 3.97. The lowest BCUT2D eigenvalue weighted by atomic mass is 10.3. The van der Waals surface area contributed by atoms with E-state index in [0.29, 0.717) is 18.2 Å². The molecule has 19 heavy (non-hydrogen) atoms. The van der Waals surface area contributed by atoms with Crippen molar-refractivity contribution >= 4 is 29.1 Å². The fourth-order valence-corrected chi connectivity index (χ4v) is 1.94. The molecule has 0 radical (unpaired) electrons. The first-order chi connectivity index (χ1) is 9.19. The molecular weight excluding hydrogens is 264 g/mol. The van der Waals surface area contributed by atoms with E-state index in [9.17, 15) is 10.1 Å². The van der Waals surface area contributed by atoms with E-state index in [1.165, 1.54) is 6.07 Å². The highest BCUT2D eigenvalue weighted by Gasteiger charge is 2.15. The van der Waals surface area contributed by atoms with Gasteiger partial charge in [0, 0.05) is 19.2 Å². The van der Waals surface area contributed by atoms with Gasteiger partial charge in [0.05, 0.1) is 4.92 Å². The average Bonchev–Trinajstić information content (AvgIpc) is 2.41. The standard InChI is InChI=1S/C12H20N4O2S/c1-3-7-13-11-6-5-10(16(17)18)12(15-11)14-8-4-9-19-2/h5-6H,3-4,7-9H2,1-2H3,(H2,13,14,15). The van der Waals surface area contributed by atoms with Crippen molar-refractivity contribution in [2.24, 2.45) is 0 Å². The quantitative estimate of drug-likeness (QED) is 0.412. The van der Waals surface area contributed by atoms with E-state index in [4.69, 9.17) is 0 Å². The summed E-state index contributed by atoms with van der Waals surface area (Å²) in [4.78, 5) is 14.8. The van der Waals surface area contributed by atoms with Crippen LogP contribution >= 0.6 is 11.8 Å². The molecular formula is C12H20N4O2S. The van der Waals surface area contributed by atoms with Gasteiger partial charge >= 0.3 is 5.69 Å². The van der Waals surface area contributed by atoms with Gasteiger partial charge in [-0.25, -0.2) is 4.98 Å². The van der Waals surface area contributed by atoms with Gasteiger partial charge in [0.1, 0.15) is 5.82 Å². The summed E-state index contributed by atoms with van der Waals surface area (Å²) < 4.78 is 0. The van der Waals surface area contributed by atoms with Gasteiger partial charge in [-0.2, -0.15) is 11.8 Å². The molecule has 1 heterocycles. The molecule has 0 aliphatic heterocycles. The fraction of sp³-hybridized carbons (Fsp3) is 0.583. The van der Waals surface area contributed by atoms with E-state index < -0.39 is 4.92 Å². The van der Waals surface area contributed by atoms with Crippen LogP contribution in [0.2, 0.25) is 0 Å². The van der Waals surface area contributed by atoms with Gasteiger partial charge in [-0.15, -0.1) is 0 Å². The zero-order chi connectivity index (χ0) is 14.1. The minimum absolute atomic E-state index is 0.0196. The Hall–Kier alpha value is -1.50. The third-order valence-electron chi connectivity index (χ3n) is 2.44. The smallest absolute Gasteiger partial charge is 0.311 e. The van der Waals surface area contributed by atoms with Gasteiger partial charge in [0.25, 0.3) is 0 Å². The normalized spacial score (nSPS) is 10.2. The number of nitrogens with zero attached hydrogens (tertiary/aromatic N) is 2. The van der Waals surface area contributed by atoms with Gasteiger partial charge in [-0.1, -0.05) is 6.92 Å². The van der Waals surface area contributed by atoms with E-state index in [0.717, 1.165) is 25.1 Å². The second-order valence-corrected chi connectivity index (χ2v) is 5.01. The number of hydrogen-bond donors (Lipinski definition) is 2. The average molecular weight is 284 g/mol. The van der Waals surface area contributed by atoms with Gasteiger partial charge in [-0.3, -0.25) is 10.1 Å². The van der Waals surface area contributed by atoms with Crippen LogP contribution in [0.3, 0.4) is 0 Å². The Morgan fingerprint density at radius 3 is 2.79 bits per heavy atom. The highest BCUT2D eigenvalue weighted by Crippen LogP contribution is 2.23. The Morgan fingerprint density at radius 1 is 1.37 bits per heavy atom. The van der Waals surface area contributed by atoms with Crippen LogP contribution in [-0.4, -0.2) is 35.0 Å². The van der Waals surface area contributed by atoms with Gasteiger partial charge in [0.2, 0.25) is 5.82 Å². The lowest BCUT2D eigenvalue weighted by Gasteiger charge is -2.09. The van der Waals surface area contributed by atoms with E-state index >= 15 is 0 Å². The number of rotatable bonds is 9. The van der Waals surface area contributed by atoms with Crippen molar-refractivity contribution in [1.82, 2.24) is 4.98 Å². The molecule has 0 aromatic carbocycles. The SMILES string of the molecule is CCCNc1ccc([N+](=O)[O-])c(NCCCSC)n1. The zero-order valence-electron chi connectivity index (χ0n) is 11.3. The molecule has 1 aromatic rings. The highest BCUT2D eigenvalue weighted by molar-refractivity contribution is 7.98. The van der Waals surface area contributed by atoms with Crippen LogP contribution in [0.25, 0.3) is 0 Å². The number of hydrogen-bond acceptors (Lipinski definition) is 6. The maximum atomic E-state index is 10.9. The van der Waals surface area contributed by atoms with Crippen molar-refractivity contribution in [1.29, 1.82) is 0 Å². The van der Waals surface area contributed by atoms with Crippen LogP contribution in [0.1, 0.15) is 19.8 Å². The number of nitrogens with one attached hydrogen (secondary N) is 2. The molecule has 0 fully saturated rings. The summed E-state index contributed by atoms with van der Waals surface area (Å²) >= 11 is 1.75. The molecule has 106 valence electrons. The first kappa shape index (κ1) is 15.6. The number of anilines is 2. The Morgan fingerprint density at radius 2 is 2.16 bits per heavy atom. The molecule has 0 aliphatic rings. The second kappa shape index (κ2) is 8.58. The summed E-state index contributed by atoms with van der Waals surface area (Å²) in [6, 6.07) is 3.13. The van der Waals surface area contributed by atoms with E-state index in [2.05, 4.69) is 22.5 Å². The lowest BCUT2D eigenvalue weighted by molar-refractivity contribution is -0.384. The molecule has 0 saturated heterocycles. The second-order valence-electron chi connectivity index (χ2n) is 4.02. The molecule has 0 aliphatic carbocycles. The maximum Gasteiger partial charge on any atom is 0.311 e. The minimum atomic E-state index is -0.409. The monoisotopic (exact) mass is 284 g/mol. The van der Waals surface area contributed by atoms with Crippen molar-refractivity contribution < 1.29 is 4.92 Å². The Bertz CT molecular complexity index is 415. The Kier molecular flexibility index (Phi) is 7.02. The van der Waals surface area contributed by atoms with Crippen LogP contribution in [0, 0.1) is 10.1 Å². The zero-order valence-corrected chi connectivity index (χ0v) is 12.1. The Labute approximate surface area is 117 Å². The molecule has 6 nitrogen and oxygen atoms in total. The van der Waals surface area contributed by atoms with Crippen LogP contribution in [0.5, 0.6) is 0 Å². The number of nitro groups is 1. The predicted octanol–water partition coefficient (Wildman–Crippen LogP) is 2.98. The molecule has 1 aromatic heterocycles. The Balaban J connectivity index is 2.74. The maximum absolute atomic E-state index is 10.9. The van der Waals surface area contributed by atoms with Gasteiger partial charge < -0.3 is 10.6 Å². The summed E-state index contributed by atoms with van der Waals surface area (Å²) in [7, 11) is 0. The van der Waals surface area contributed by atoms with Crippen molar-refractivity contribution in [2.45, 2.75) is 19.8 Å². The molecule has 1 rings (SSSR count). The van der Waals surface area contributed by atoms with Gasteiger partial charge in [0.15, 0.2) is 0 Å². The summed E-state index contributed by atoms with van der Waals surface area (Å²) in [5, 5.41) is 17.1. The van der Waals surface area contributed by atoms with Crippen molar-refractivity contribution in [3.8, 4) is 0 Å². The topological polar surface area (TPSA) is 80.1 Å². The van der Waals surface area contributed by atoms with Crippen LogP contribution < -0.4 is 10.6 Å². The number of aromatic nitrogens is 1. The molecule has 2 N–H and O–H groups in total. The third-order valence-corrected chi connectivity index (χ3v) is 3.14. The van der Waals surface area contributed by atoms with E-state index in [-0.39, 0.29) is 5.69 Å². The first-order valence-corrected chi connectivity index (χ1v) is 7.70. The summed E-state index contributed by atoms with van der Waals surface area (Å²) in [6.45, 7) is 3.54. The van der Waals surface area contributed by atoms with Gasteiger partial charge in [-0.05, 0) is 30.9 Å². The largest absolute Gasteiger partial charge is 0.370 e. The van der Waals surface area contributed by atoms with Crippen LogP contribution in [0.4, 0.5) is 17.3 Å². The highest BCUT2D eigenvalue weighted by atomic mass is 32.2. The first-order valence-electron chi connectivity index (χ1n) is 6.31. The molecule has 7 heteroatoms. The van der Waals surface area contributed by atoms with Crippen molar-refractivity contribution in [3.63, 3.8) is 0 Å². The molecule has 0 bridgehead atoms. The van der Waals surface area contributed by atoms with Crippen LogP contribution in [-0.2, 0) is 0 Å². The van der Waals surface area contributed by atoms with Crippen LogP contribution in [0.15, 0.2) is 12.1 Å². The van der Waals surface area contributed by atoms with E-state index in [1.54, 1.807) is 17.8 Å². The molecule has 0 amide bonds. The molecule has 0 atom stereocenters. The number of pyridine rings is 1. The summed E-state index contributed by atoms with van der Waals surface area (Å²) in [5.74, 6) is 2.03. The minimum Gasteiger partial charge on any atom is -0.370 e. The van der Waals surface area contributed by atoms with Crippen molar-refractivity contribution in [3.05, 3.63) is 22.2 Å². The fourth-order valence-electron chi connectivity index (χ4n) is 1.50. The molecule has 0 saturated carbocycles. The lowest BCUT2D eigenvalue weighted by Crippen LogP contribution is -2.09. The predicted molar refractivity (Wildman–Crippen MR) is 81.2 cm³/mol. The summed E-state index contributed by atoms with van der Waals surface area (Å²) in [5.41, 5.74) is 0.0196. The molecule has 0 unspecified atom stereocenters.